The minimum absolute atomic E-state index is 0.00299. The van der Waals surface area contributed by atoms with Gasteiger partial charge in [-0.1, -0.05) is 0 Å². The van der Waals surface area contributed by atoms with Gasteiger partial charge in [0.2, 0.25) is 0 Å². The highest BCUT2D eigenvalue weighted by molar-refractivity contribution is 5.83. The number of carboxylic acids is 1. The molecule has 2 heterocycles. The van der Waals surface area contributed by atoms with Crippen molar-refractivity contribution in [1.82, 2.24) is 14.5 Å². The molecule has 7 nitrogen and oxygen atoms in total. The molecular formula is C19H25N3O4. The Morgan fingerprint density at radius 2 is 2.15 bits per heavy atom. The molecule has 0 saturated heterocycles. The second kappa shape index (κ2) is 6.63. The van der Waals surface area contributed by atoms with E-state index in [1.807, 2.05) is 37.5 Å². The number of aromatic nitrogens is 2. The van der Waals surface area contributed by atoms with E-state index in [0.29, 0.717) is 12.8 Å². The van der Waals surface area contributed by atoms with Crippen molar-refractivity contribution in [3.8, 4) is 0 Å². The second-order valence-electron chi connectivity index (χ2n) is 7.76. The maximum absolute atomic E-state index is 12.4. The molecule has 0 fully saturated rings. The van der Waals surface area contributed by atoms with Crippen molar-refractivity contribution in [2.24, 2.45) is 0 Å². The number of fused-ring (bicyclic) bond motifs is 3. The Labute approximate surface area is 152 Å². The molecule has 1 amide bonds. The third-order valence-corrected chi connectivity index (χ3v) is 4.71. The summed E-state index contributed by atoms with van der Waals surface area (Å²) in [5.41, 5.74) is 3.17. The van der Waals surface area contributed by atoms with Crippen LogP contribution < -0.4 is 0 Å². The highest BCUT2D eigenvalue weighted by Gasteiger charge is 2.32. The minimum atomic E-state index is -0.874. The van der Waals surface area contributed by atoms with Gasteiger partial charge in [-0.25, -0.2) is 4.79 Å². The first kappa shape index (κ1) is 18.2. The van der Waals surface area contributed by atoms with Crippen molar-refractivity contribution < 1.29 is 19.4 Å². The second-order valence-corrected chi connectivity index (χ2v) is 7.76. The third-order valence-electron chi connectivity index (χ3n) is 4.71. The van der Waals surface area contributed by atoms with Crippen LogP contribution in [0.2, 0.25) is 0 Å². The van der Waals surface area contributed by atoms with Crippen LogP contribution in [0.15, 0.2) is 18.3 Å². The summed E-state index contributed by atoms with van der Waals surface area (Å²) in [5, 5.41) is 9.26. The van der Waals surface area contributed by atoms with Crippen molar-refractivity contribution in [1.29, 1.82) is 0 Å². The lowest BCUT2D eigenvalue weighted by atomic mass is 9.92. The molecule has 2 aromatic heterocycles. The summed E-state index contributed by atoms with van der Waals surface area (Å²) in [4.78, 5) is 29.8. The number of aliphatic carboxylic acids is 1. The van der Waals surface area contributed by atoms with Gasteiger partial charge in [-0.2, -0.15) is 0 Å². The maximum Gasteiger partial charge on any atom is 0.410 e. The largest absolute Gasteiger partial charge is 0.480 e. The number of pyridine rings is 1. The minimum Gasteiger partial charge on any atom is -0.480 e. The molecule has 140 valence electrons. The fourth-order valence-electron chi connectivity index (χ4n) is 3.56. The zero-order valence-electron chi connectivity index (χ0n) is 15.7. The molecule has 0 bridgehead atoms. The number of ether oxygens (including phenoxy) is 1. The first-order chi connectivity index (χ1) is 12.2. The summed E-state index contributed by atoms with van der Waals surface area (Å²) >= 11 is 0. The normalized spacial score (nSPS) is 17.0. The van der Waals surface area contributed by atoms with Gasteiger partial charge in [-0.05, 0) is 52.2 Å². The summed E-state index contributed by atoms with van der Waals surface area (Å²) in [6.07, 6.45) is 3.49. The standard InChI is InChI=1S/C19H25N3O4/c1-19(2,3)26-18(25)21(4)12-7-8-14-13(10-12)17-15(6-5-9-20-17)22(14)11-16(23)24/h5-6,9,12H,7-8,10-11H2,1-4H3,(H,23,24). The smallest absolute Gasteiger partial charge is 0.410 e. The first-order valence-electron chi connectivity index (χ1n) is 8.80. The Bertz CT molecular complexity index is 850. The molecule has 1 aliphatic carbocycles. The lowest BCUT2D eigenvalue weighted by molar-refractivity contribution is -0.137. The number of rotatable bonds is 3. The third kappa shape index (κ3) is 3.52. The van der Waals surface area contributed by atoms with Gasteiger partial charge in [-0.3, -0.25) is 9.78 Å². The molecule has 26 heavy (non-hydrogen) atoms. The zero-order valence-corrected chi connectivity index (χ0v) is 15.7. The monoisotopic (exact) mass is 359 g/mol. The van der Waals surface area contributed by atoms with E-state index in [0.717, 1.165) is 28.7 Å². The lowest BCUT2D eigenvalue weighted by Gasteiger charge is -2.33. The summed E-state index contributed by atoms with van der Waals surface area (Å²) in [5.74, 6) is -0.874. The Morgan fingerprint density at radius 1 is 1.42 bits per heavy atom. The fourth-order valence-corrected chi connectivity index (χ4v) is 3.56. The molecule has 0 aliphatic heterocycles. The summed E-state index contributed by atoms with van der Waals surface area (Å²) < 4.78 is 7.31. The van der Waals surface area contributed by atoms with Crippen LogP contribution in [0.4, 0.5) is 4.79 Å². The number of carboxylic acid groups (broad SMARTS) is 1. The van der Waals surface area contributed by atoms with Crippen molar-refractivity contribution >= 4 is 23.1 Å². The van der Waals surface area contributed by atoms with Crippen LogP contribution in [0, 0.1) is 0 Å². The number of likely N-dealkylation sites (N-methyl/N-ethyl adjacent to an activating group) is 1. The molecular weight excluding hydrogens is 334 g/mol. The van der Waals surface area contributed by atoms with E-state index in [-0.39, 0.29) is 18.7 Å². The number of carbonyl (C=O) groups excluding carboxylic acids is 1. The van der Waals surface area contributed by atoms with E-state index >= 15 is 0 Å². The molecule has 0 spiro atoms. The maximum atomic E-state index is 12.4. The van der Waals surface area contributed by atoms with Crippen LogP contribution >= 0.6 is 0 Å². The summed E-state index contributed by atoms with van der Waals surface area (Å²) in [6, 6.07) is 3.72. The van der Waals surface area contributed by atoms with Gasteiger partial charge in [0.1, 0.15) is 12.1 Å². The number of carbonyl (C=O) groups is 2. The van der Waals surface area contributed by atoms with Crippen molar-refractivity contribution in [2.75, 3.05) is 7.05 Å². The van der Waals surface area contributed by atoms with Gasteiger partial charge in [0.15, 0.2) is 0 Å². The van der Waals surface area contributed by atoms with Crippen molar-refractivity contribution in [3.63, 3.8) is 0 Å². The number of nitrogens with zero attached hydrogens (tertiary/aromatic N) is 3. The van der Waals surface area contributed by atoms with Crippen molar-refractivity contribution in [2.45, 2.75) is 58.2 Å². The average Bonchev–Trinajstić information content (AvgIpc) is 2.86. The van der Waals surface area contributed by atoms with Gasteiger partial charge >= 0.3 is 12.1 Å². The van der Waals surface area contributed by atoms with Crippen LogP contribution in [0.3, 0.4) is 0 Å². The summed E-state index contributed by atoms with van der Waals surface area (Å²) in [6.45, 7) is 5.47. The van der Waals surface area contributed by atoms with Gasteiger partial charge in [-0.15, -0.1) is 0 Å². The molecule has 7 heteroatoms. The van der Waals surface area contributed by atoms with E-state index in [4.69, 9.17) is 4.74 Å². The van der Waals surface area contributed by atoms with E-state index in [1.54, 1.807) is 18.1 Å². The van der Waals surface area contributed by atoms with Gasteiger partial charge in [0.25, 0.3) is 0 Å². The van der Waals surface area contributed by atoms with Crippen LogP contribution in [0.1, 0.15) is 38.4 Å². The quantitative estimate of drug-likeness (QED) is 0.911. The molecule has 0 radical (unpaired) electrons. The van der Waals surface area contributed by atoms with Crippen LogP contribution in [-0.2, 0) is 28.9 Å². The number of hydrogen-bond acceptors (Lipinski definition) is 4. The molecule has 0 saturated carbocycles. The highest BCUT2D eigenvalue weighted by atomic mass is 16.6. The molecule has 1 unspecified atom stereocenters. The topological polar surface area (TPSA) is 84.7 Å². The lowest BCUT2D eigenvalue weighted by Crippen LogP contribution is -2.43. The fraction of sp³-hybridized carbons (Fsp3) is 0.526. The van der Waals surface area contributed by atoms with Crippen LogP contribution in [-0.4, -0.2) is 50.3 Å². The van der Waals surface area contributed by atoms with E-state index in [9.17, 15) is 14.7 Å². The predicted octanol–water partition coefficient (Wildman–Crippen LogP) is 2.85. The highest BCUT2D eigenvalue weighted by Crippen LogP contribution is 2.32. The van der Waals surface area contributed by atoms with Crippen molar-refractivity contribution in [3.05, 3.63) is 29.6 Å². The van der Waals surface area contributed by atoms with Gasteiger partial charge in [0.05, 0.1) is 11.0 Å². The zero-order chi connectivity index (χ0) is 19.1. The molecule has 0 aromatic carbocycles. The average molecular weight is 359 g/mol. The first-order valence-corrected chi connectivity index (χ1v) is 8.80. The van der Waals surface area contributed by atoms with E-state index in [1.165, 1.54) is 0 Å². The Morgan fingerprint density at radius 3 is 2.81 bits per heavy atom. The Hall–Kier alpha value is -2.57. The predicted molar refractivity (Wildman–Crippen MR) is 97.2 cm³/mol. The Balaban J connectivity index is 1.91. The Kier molecular flexibility index (Phi) is 4.64. The van der Waals surface area contributed by atoms with E-state index in [2.05, 4.69) is 4.98 Å². The van der Waals surface area contributed by atoms with Crippen LogP contribution in [0.5, 0.6) is 0 Å². The van der Waals surface area contributed by atoms with Gasteiger partial charge in [0, 0.05) is 30.5 Å². The SMILES string of the molecule is CN(C(=O)OC(C)(C)C)C1CCc2c(c3ncccc3n2CC(=O)O)C1. The summed E-state index contributed by atoms with van der Waals surface area (Å²) in [7, 11) is 1.76. The molecule has 2 aromatic rings. The van der Waals surface area contributed by atoms with Crippen LogP contribution in [0.25, 0.3) is 11.0 Å². The van der Waals surface area contributed by atoms with Gasteiger partial charge < -0.3 is 19.3 Å². The van der Waals surface area contributed by atoms with E-state index < -0.39 is 11.6 Å². The molecule has 3 rings (SSSR count). The number of hydrogen-bond donors (Lipinski definition) is 1. The molecule has 1 aliphatic rings. The molecule has 1 N–H and O–H groups in total. The number of amides is 1. The molecule has 1 atom stereocenters.